The highest BCUT2D eigenvalue weighted by Crippen LogP contribution is 2.36. The third-order valence-corrected chi connectivity index (χ3v) is 5.60. The van der Waals surface area contributed by atoms with E-state index < -0.39 is 6.10 Å². The maximum Gasteiger partial charge on any atom is 0.336 e. The average Bonchev–Trinajstić information content (AvgIpc) is 3.16. The van der Waals surface area contributed by atoms with Gasteiger partial charge in [-0.05, 0) is 19.8 Å². The molecule has 0 radical (unpaired) electrons. The molecule has 2 heterocycles. The van der Waals surface area contributed by atoms with Crippen LogP contribution in [-0.4, -0.2) is 48.3 Å². The van der Waals surface area contributed by atoms with Gasteiger partial charge >= 0.3 is 5.97 Å². The van der Waals surface area contributed by atoms with Crippen molar-refractivity contribution in [1.29, 1.82) is 0 Å². The molecule has 1 aliphatic heterocycles. The summed E-state index contributed by atoms with van der Waals surface area (Å²) in [6.45, 7) is 4.27. The first-order valence-corrected chi connectivity index (χ1v) is 8.87. The zero-order valence-corrected chi connectivity index (χ0v) is 14.1. The van der Waals surface area contributed by atoms with Crippen LogP contribution in [-0.2, 0) is 20.8 Å². The molecule has 1 aromatic heterocycles. The minimum absolute atomic E-state index is 0.0417. The zero-order chi connectivity index (χ0) is 15.5. The van der Waals surface area contributed by atoms with Crippen LogP contribution < -0.4 is 0 Å². The highest BCUT2D eigenvalue weighted by molar-refractivity contribution is 7.11. The van der Waals surface area contributed by atoms with Crippen molar-refractivity contribution in [2.75, 3.05) is 20.2 Å². The summed E-state index contributed by atoms with van der Waals surface area (Å²) in [4.78, 5) is 19.9. The molecule has 0 N–H and O–H groups in total. The van der Waals surface area contributed by atoms with Gasteiger partial charge in [0.2, 0.25) is 0 Å². The van der Waals surface area contributed by atoms with Gasteiger partial charge in [-0.15, -0.1) is 11.3 Å². The number of hydrogen-bond donors (Lipinski definition) is 0. The van der Waals surface area contributed by atoms with Crippen molar-refractivity contribution in [3.05, 3.63) is 16.1 Å². The largest absolute Gasteiger partial charge is 0.467 e. The van der Waals surface area contributed by atoms with Crippen molar-refractivity contribution >= 4 is 17.3 Å². The Balaban J connectivity index is 1.61. The van der Waals surface area contributed by atoms with Crippen molar-refractivity contribution in [2.24, 2.45) is 0 Å². The molecule has 2 atom stereocenters. The van der Waals surface area contributed by atoms with E-state index in [1.54, 1.807) is 0 Å². The van der Waals surface area contributed by atoms with Gasteiger partial charge in [0.05, 0.1) is 18.2 Å². The smallest absolute Gasteiger partial charge is 0.336 e. The van der Waals surface area contributed by atoms with E-state index in [9.17, 15) is 4.79 Å². The predicted octanol–water partition coefficient (Wildman–Crippen LogP) is 2.56. The molecule has 0 amide bonds. The Morgan fingerprint density at radius 3 is 2.95 bits per heavy atom. The van der Waals surface area contributed by atoms with Gasteiger partial charge in [-0.3, -0.25) is 4.90 Å². The summed E-state index contributed by atoms with van der Waals surface area (Å²) in [5.74, 6) is 0.387. The molecule has 0 aromatic carbocycles. The maximum absolute atomic E-state index is 11.7. The van der Waals surface area contributed by atoms with Gasteiger partial charge in [0, 0.05) is 36.6 Å². The number of ether oxygens (including phenoxy) is 2. The summed E-state index contributed by atoms with van der Waals surface area (Å²) in [5.41, 5.74) is 0. The number of carbonyl (C=O) groups excluding carboxylic acids is 1. The summed E-state index contributed by atoms with van der Waals surface area (Å²) >= 11 is 1.83. The zero-order valence-electron chi connectivity index (χ0n) is 13.3. The molecule has 1 saturated heterocycles. The van der Waals surface area contributed by atoms with Gasteiger partial charge in [0.25, 0.3) is 0 Å². The lowest BCUT2D eigenvalue weighted by atomic mass is 10.1. The molecule has 0 bridgehead atoms. The van der Waals surface area contributed by atoms with Gasteiger partial charge in [0.1, 0.15) is 0 Å². The second-order valence-corrected chi connectivity index (χ2v) is 7.45. The summed E-state index contributed by atoms with van der Waals surface area (Å²) in [7, 11) is 1.41. The molecule has 5 nitrogen and oxygen atoms in total. The standard InChI is InChI=1S/C16H24N2O3S/c1-11-8-18(10-14(21-11)16(19)20-2)9-13-7-17-15(22-13)12-5-3-4-6-12/h7,11-12,14H,3-6,8-10H2,1-2H3/t11-,14+/m1/s1. The first-order valence-electron chi connectivity index (χ1n) is 8.06. The van der Waals surface area contributed by atoms with Crippen LogP contribution in [0, 0.1) is 0 Å². The fourth-order valence-electron chi connectivity index (χ4n) is 3.41. The molecule has 2 aliphatic rings. The number of carbonyl (C=O) groups is 1. The van der Waals surface area contributed by atoms with Crippen LogP contribution in [0.5, 0.6) is 0 Å². The van der Waals surface area contributed by atoms with Gasteiger partial charge in [-0.2, -0.15) is 0 Å². The first-order chi connectivity index (χ1) is 10.7. The van der Waals surface area contributed by atoms with Crippen molar-refractivity contribution in [3.8, 4) is 0 Å². The summed E-state index contributed by atoms with van der Waals surface area (Å²) in [6, 6.07) is 0. The Morgan fingerprint density at radius 2 is 2.23 bits per heavy atom. The van der Waals surface area contributed by atoms with Crippen molar-refractivity contribution in [1.82, 2.24) is 9.88 Å². The fraction of sp³-hybridized carbons (Fsp3) is 0.750. The first kappa shape index (κ1) is 15.9. The average molecular weight is 324 g/mol. The molecule has 0 spiro atoms. The van der Waals surface area contributed by atoms with E-state index in [0.717, 1.165) is 13.1 Å². The monoisotopic (exact) mass is 324 g/mol. The van der Waals surface area contributed by atoms with E-state index in [1.807, 2.05) is 24.5 Å². The number of rotatable bonds is 4. The summed E-state index contributed by atoms with van der Waals surface area (Å²) < 4.78 is 10.5. The summed E-state index contributed by atoms with van der Waals surface area (Å²) in [6.07, 6.45) is 6.81. The van der Waals surface area contributed by atoms with E-state index in [1.165, 1.54) is 42.7 Å². The molecular weight excluding hydrogens is 300 g/mol. The van der Waals surface area contributed by atoms with Crippen molar-refractivity contribution in [3.63, 3.8) is 0 Å². The van der Waals surface area contributed by atoms with Crippen LogP contribution in [0.1, 0.15) is 48.4 Å². The minimum Gasteiger partial charge on any atom is -0.467 e. The van der Waals surface area contributed by atoms with Gasteiger partial charge < -0.3 is 9.47 Å². The topological polar surface area (TPSA) is 51.7 Å². The van der Waals surface area contributed by atoms with Gasteiger partial charge in [-0.1, -0.05) is 12.8 Å². The van der Waals surface area contributed by atoms with Crippen LogP contribution >= 0.6 is 11.3 Å². The number of morpholine rings is 1. The quantitative estimate of drug-likeness (QED) is 0.797. The Hall–Kier alpha value is -0.980. The Labute approximate surface area is 135 Å². The Bertz CT molecular complexity index is 513. The van der Waals surface area contributed by atoms with Crippen LogP contribution in [0.25, 0.3) is 0 Å². The van der Waals surface area contributed by atoms with Gasteiger partial charge in [0.15, 0.2) is 6.10 Å². The number of methoxy groups -OCH3 is 1. The highest BCUT2D eigenvalue weighted by atomic mass is 32.1. The van der Waals surface area contributed by atoms with E-state index >= 15 is 0 Å². The third kappa shape index (κ3) is 3.67. The van der Waals surface area contributed by atoms with E-state index in [4.69, 9.17) is 9.47 Å². The normalized spacial score (nSPS) is 27.2. The van der Waals surface area contributed by atoms with Crippen LogP contribution in [0.15, 0.2) is 6.20 Å². The summed E-state index contributed by atoms with van der Waals surface area (Å²) in [5, 5.41) is 1.29. The Morgan fingerprint density at radius 1 is 1.45 bits per heavy atom. The number of nitrogens with zero attached hydrogens (tertiary/aromatic N) is 2. The molecule has 3 rings (SSSR count). The number of hydrogen-bond acceptors (Lipinski definition) is 6. The van der Waals surface area contributed by atoms with Crippen LogP contribution in [0.3, 0.4) is 0 Å². The van der Waals surface area contributed by atoms with Gasteiger partial charge in [-0.25, -0.2) is 9.78 Å². The molecule has 1 aromatic rings. The second kappa shape index (κ2) is 7.06. The van der Waals surface area contributed by atoms with Crippen molar-refractivity contribution in [2.45, 2.75) is 57.3 Å². The molecule has 1 aliphatic carbocycles. The minimum atomic E-state index is -0.476. The molecule has 1 saturated carbocycles. The molecule has 2 fully saturated rings. The maximum atomic E-state index is 11.7. The van der Waals surface area contributed by atoms with E-state index in [-0.39, 0.29) is 12.1 Å². The third-order valence-electron chi connectivity index (χ3n) is 4.46. The SMILES string of the molecule is COC(=O)[C@@H]1CN(Cc2cnc(C3CCCC3)s2)C[C@@H](C)O1. The Kier molecular flexibility index (Phi) is 5.10. The number of esters is 1. The predicted molar refractivity (Wildman–Crippen MR) is 85.0 cm³/mol. The second-order valence-electron chi connectivity index (χ2n) is 6.30. The molecule has 22 heavy (non-hydrogen) atoms. The van der Waals surface area contributed by atoms with E-state index in [0.29, 0.717) is 12.5 Å². The number of aromatic nitrogens is 1. The van der Waals surface area contributed by atoms with E-state index in [2.05, 4.69) is 9.88 Å². The van der Waals surface area contributed by atoms with Crippen LogP contribution in [0.2, 0.25) is 0 Å². The molecule has 6 heteroatoms. The fourth-order valence-corrected chi connectivity index (χ4v) is 4.54. The van der Waals surface area contributed by atoms with Crippen molar-refractivity contribution < 1.29 is 14.3 Å². The molecule has 0 unspecified atom stereocenters. The lowest BCUT2D eigenvalue weighted by molar-refractivity contribution is -0.166. The molecular formula is C16H24N2O3S. The lowest BCUT2D eigenvalue weighted by Gasteiger charge is -2.35. The molecule has 122 valence electrons. The van der Waals surface area contributed by atoms with Crippen LogP contribution in [0.4, 0.5) is 0 Å². The number of thiazole rings is 1. The highest BCUT2D eigenvalue weighted by Gasteiger charge is 2.31. The lowest BCUT2D eigenvalue weighted by Crippen LogP contribution is -2.49.